The summed E-state index contributed by atoms with van der Waals surface area (Å²) in [5.41, 5.74) is 2.54. The third-order valence-electron chi connectivity index (χ3n) is 4.58. The van der Waals surface area contributed by atoms with Crippen molar-refractivity contribution in [1.82, 2.24) is 10.3 Å². The lowest BCUT2D eigenvalue weighted by Crippen LogP contribution is -2.26. The molecule has 24 heavy (non-hydrogen) atoms. The Hall–Kier alpha value is -1.72. The summed E-state index contributed by atoms with van der Waals surface area (Å²) in [5, 5.41) is 7.06. The molecule has 0 aliphatic carbocycles. The molecular formula is C19H25N3OS. The summed E-state index contributed by atoms with van der Waals surface area (Å²) in [6.45, 7) is 4.29. The molecule has 1 aliphatic rings. The number of benzene rings is 1. The monoisotopic (exact) mass is 343 g/mol. The molecule has 1 aromatic heterocycles. The first-order valence-electron chi connectivity index (χ1n) is 8.78. The van der Waals surface area contributed by atoms with Gasteiger partial charge in [-0.25, -0.2) is 4.98 Å². The number of nitrogens with one attached hydrogen (secondary N) is 2. The Morgan fingerprint density at radius 1 is 1.25 bits per heavy atom. The van der Waals surface area contributed by atoms with Crippen molar-refractivity contribution in [3.05, 3.63) is 46.5 Å². The number of nitrogens with zero attached hydrogens (tertiary/aromatic N) is 1. The van der Waals surface area contributed by atoms with E-state index < -0.39 is 0 Å². The maximum Gasteiger partial charge on any atom is 0.226 e. The number of amides is 1. The number of rotatable bonds is 6. The lowest BCUT2D eigenvalue weighted by Gasteiger charge is -2.20. The summed E-state index contributed by atoms with van der Waals surface area (Å²) in [4.78, 5) is 17.8. The molecule has 0 unspecified atom stereocenters. The van der Waals surface area contributed by atoms with Gasteiger partial charge in [0.2, 0.25) is 5.91 Å². The molecule has 1 fully saturated rings. The van der Waals surface area contributed by atoms with Gasteiger partial charge in [0.15, 0.2) is 5.13 Å². The summed E-state index contributed by atoms with van der Waals surface area (Å²) in [6, 6.07) is 8.51. The first-order valence-corrected chi connectivity index (χ1v) is 9.60. The van der Waals surface area contributed by atoms with Crippen LogP contribution in [-0.2, 0) is 17.6 Å². The number of piperidine rings is 1. The molecule has 1 aromatic carbocycles. The van der Waals surface area contributed by atoms with Crippen LogP contribution in [0.1, 0.15) is 48.1 Å². The number of aromatic nitrogens is 1. The van der Waals surface area contributed by atoms with Crippen LogP contribution in [-0.4, -0.2) is 24.0 Å². The molecular weight excluding hydrogens is 318 g/mol. The van der Waals surface area contributed by atoms with E-state index in [1.165, 1.54) is 16.0 Å². The van der Waals surface area contributed by atoms with Gasteiger partial charge in [-0.2, -0.15) is 0 Å². The molecule has 4 nitrogen and oxygen atoms in total. The van der Waals surface area contributed by atoms with E-state index in [-0.39, 0.29) is 5.91 Å². The number of carbonyl (C=O) groups excluding carboxylic acids is 1. The van der Waals surface area contributed by atoms with Gasteiger partial charge in [0.1, 0.15) is 0 Å². The van der Waals surface area contributed by atoms with Crippen molar-refractivity contribution in [2.45, 2.75) is 44.9 Å². The van der Waals surface area contributed by atoms with Crippen LogP contribution in [0.3, 0.4) is 0 Å². The molecule has 0 saturated carbocycles. The zero-order valence-corrected chi connectivity index (χ0v) is 15.0. The van der Waals surface area contributed by atoms with Crippen molar-refractivity contribution >= 4 is 22.4 Å². The van der Waals surface area contributed by atoms with Crippen molar-refractivity contribution in [3.63, 3.8) is 0 Å². The molecule has 1 aliphatic heterocycles. The molecule has 3 rings (SSSR count). The van der Waals surface area contributed by atoms with Crippen molar-refractivity contribution < 1.29 is 4.79 Å². The Morgan fingerprint density at radius 3 is 2.67 bits per heavy atom. The van der Waals surface area contributed by atoms with E-state index in [9.17, 15) is 4.79 Å². The maximum absolute atomic E-state index is 12.1. The van der Waals surface area contributed by atoms with E-state index in [2.05, 4.69) is 46.8 Å². The fraction of sp³-hybridized carbons (Fsp3) is 0.474. The maximum atomic E-state index is 12.1. The normalized spacial score (nSPS) is 15.4. The zero-order valence-electron chi connectivity index (χ0n) is 14.2. The Labute approximate surface area is 147 Å². The van der Waals surface area contributed by atoms with Crippen LogP contribution in [0, 0.1) is 0 Å². The highest BCUT2D eigenvalue weighted by atomic mass is 32.1. The second kappa shape index (κ2) is 8.40. The van der Waals surface area contributed by atoms with E-state index in [1.807, 2.05) is 6.20 Å². The van der Waals surface area contributed by atoms with Crippen LogP contribution < -0.4 is 10.6 Å². The number of aryl methyl sites for hydroxylation is 2. The lowest BCUT2D eigenvalue weighted by molar-refractivity contribution is -0.116. The highest BCUT2D eigenvalue weighted by Gasteiger charge is 2.18. The standard InChI is InChI=1S/C19H25N3OS/c1-2-14-3-5-15(6-4-14)7-8-18(23)22-19-21-13-17(24-19)16-9-11-20-12-10-16/h3-6,13,16,20H,2,7-12H2,1H3,(H,21,22,23). The Kier molecular flexibility index (Phi) is 5.99. The van der Waals surface area contributed by atoms with Gasteiger partial charge in [0, 0.05) is 17.5 Å². The molecule has 5 heteroatoms. The van der Waals surface area contributed by atoms with Gasteiger partial charge in [-0.05, 0) is 55.8 Å². The minimum atomic E-state index is 0.0424. The Morgan fingerprint density at radius 2 is 1.96 bits per heavy atom. The lowest BCUT2D eigenvalue weighted by atomic mass is 9.97. The van der Waals surface area contributed by atoms with Gasteiger partial charge in [-0.3, -0.25) is 4.79 Å². The second-order valence-electron chi connectivity index (χ2n) is 6.31. The first-order chi connectivity index (χ1) is 11.7. The minimum Gasteiger partial charge on any atom is -0.317 e. The largest absolute Gasteiger partial charge is 0.317 e. The van der Waals surface area contributed by atoms with Gasteiger partial charge in [-0.15, -0.1) is 11.3 Å². The molecule has 0 radical (unpaired) electrons. The average Bonchev–Trinajstić information content (AvgIpc) is 3.09. The molecule has 2 N–H and O–H groups in total. The van der Waals surface area contributed by atoms with Crippen molar-refractivity contribution in [1.29, 1.82) is 0 Å². The third kappa shape index (κ3) is 4.65. The van der Waals surface area contributed by atoms with E-state index in [0.717, 1.165) is 43.9 Å². The molecule has 0 bridgehead atoms. The highest BCUT2D eigenvalue weighted by molar-refractivity contribution is 7.15. The number of carbonyl (C=O) groups is 1. The van der Waals surface area contributed by atoms with Crippen molar-refractivity contribution in [3.8, 4) is 0 Å². The predicted molar refractivity (Wildman–Crippen MR) is 99.7 cm³/mol. The first kappa shape index (κ1) is 17.1. The van der Waals surface area contributed by atoms with Gasteiger partial charge < -0.3 is 10.6 Å². The molecule has 128 valence electrons. The van der Waals surface area contributed by atoms with Gasteiger partial charge >= 0.3 is 0 Å². The zero-order chi connectivity index (χ0) is 16.8. The Balaban J connectivity index is 1.48. The number of thiazole rings is 1. The third-order valence-corrected chi connectivity index (χ3v) is 5.66. The summed E-state index contributed by atoms with van der Waals surface area (Å²) in [5.74, 6) is 0.632. The van der Waals surface area contributed by atoms with E-state index in [0.29, 0.717) is 12.3 Å². The predicted octanol–water partition coefficient (Wildman–Crippen LogP) is 3.74. The molecule has 2 aromatic rings. The summed E-state index contributed by atoms with van der Waals surface area (Å²) in [7, 11) is 0. The molecule has 0 atom stereocenters. The molecule has 0 spiro atoms. The van der Waals surface area contributed by atoms with Crippen LogP contribution in [0.2, 0.25) is 0 Å². The van der Waals surface area contributed by atoms with Crippen LogP contribution in [0.5, 0.6) is 0 Å². The fourth-order valence-electron chi connectivity index (χ4n) is 3.02. The quantitative estimate of drug-likeness (QED) is 0.840. The van der Waals surface area contributed by atoms with Crippen molar-refractivity contribution in [2.75, 3.05) is 18.4 Å². The topological polar surface area (TPSA) is 54.0 Å². The molecule has 2 heterocycles. The summed E-state index contributed by atoms with van der Waals surface area (Å²) in [6.07, 6.45) is 6.55. The molecule has 1 saturated heterocycles. The number of hydrogen-bond donors (Lipinski definition) is 2. The van der Waals surface area contributed by atoms with E-state index >= 15 is 0 Å². The second-order valence-corrected chi connectivity index (χ2v) is 7.37. The fourth-order valence-corrected chi connectivity index (χ4v) is 4.02. The summed E-state index contributed by atoms with van der Waals surface area (Å²) < 4.78 is 0. The van der Waals surface area contributed by atoms with Gasteiger partial charge in [0.25, 0.3) is 0 Å². The van der Waals surface area contributed by atoms with E-state index in [1.54, 1.807) is 11.3 Å². The van der Waals surface area contributed by atoms with Gasteiger partial charge in [-0.1, -0.05) is 31.2 Å². The average molecular weight is 343 g/mol. The minimum absolute atomic E-state index is 0.0424. The van der Waals surface area contributed by atoms with Crippen LogP contribution >= 0.6 is 11.3 Å². The number of hydrogen-bond acceptors (Lipinski definition) is 4. The molecule has 1 amide bonds. The van der Waals surface area contributed by atoms with E-state index in [4.69, 9.17) is 0 Å². The smallest absolute Gasteiger partial charge is 0.226 e. The van der Waals surface area contributed by atoms with Crippen LogP contribution in [0.4, 0.5) is 5.13 Å². The van der Waals surface area contributed by atoms with Crippen LogP contribution in [0.15, 0.2) is 30.5 Å². The summed E-state index contributed by atoms with van der Waals surface area (Å²) >= 11 is 1.62. The van der Waals surface area contributed by atoms with Gasteiger partial charge in [0.05, 0.1) is 0 Å². The van der Waals surface area contributed by atoms with Crippen molar-refractivity contribution in [2.24, 2.45) is 0 Å². The Bertz CT molecular complexity index is 660. The SMILES string of the molecule is CCc1ccc(CCC(=O)Nc2ncc(C3CCNCC3)s2)cc1. The number of anilines is 1. The van der Waals surface area contributed by atoms with Crippen LogP contribution in [0.25, 0.3) is 0 Å². The highest BCUT2D eigenvalue weighted by Crippen LogP contribution is 2.31.